The molecule has 0 heterocycles. The Kier molecular flexibility index (Phi) is 6.66. The molecule has 118 valence electrons. The average Bonchev–Trinajstić information content (AvgIpc) is 2.61. The zero-order valence-electron chi connectivity index (χ0n) is 13.1. The molecule has 0 aliphatic heterocycles. The van der Waals surface area contributed by atoms with Gasteiger partial charge in [-0.15, -0.1) is 0 Å². The van der Waals surface area contributed by atoms with E-state index in [9.17, 15) is 4.79 Å². The lowest BCUT2D eigenvalue weighted by Gasteiger charge is -2.05. The Balaban J connectivity index is 1.65. The van der Waals surface area contributed by atoms with Gasteiger partial charge in [0.15, 0.2) is 0 Å². The maximum absolute atomic E-state index is 11.6. The zero-order chi connectivity index (χ0) is 16.3. The summed E-state index contributed by atoms with van der Waals surface area (Å²) in [6, 6.07) is 17.7. The van der Waals surface area contributed by atoms with E-state index >= 15 is 0 Å². The lowest BCUT2D eigenvalue weighted by Crippen LogP contribution is -2.24. The largest absolute Gasteiger partial charge is 0.445 e. The van der Waals surface area contributed by atoms with Crippen LogP contribution in [0.2, 0.25) is 0 Å². The number of nitrogens with one attached hydrogen (secondary N) is 1. The van der Waals surface area contributed by atoms with Gasteiger partial charge in [-0.25, -0.2) is 4.79 Å². The van der Waals surface area contributed by atoms with E-state index in [-0.39, 0.29) is 6.61 Å². The van der Waals surface area contributed by atoms with E-state index in [1.165, 1.54) is 0 Å². The van der Waals surface area contributed by atoms with Crippen LogP contribution in [0.15, 0.2) is 67.3 Å². The molecule has 0 saturated heterocycles. The molecule has 0 unspecified atom stereocenters. The van der Waals surface area contributed by atoms with Crippen LogP contribution in [0.3, 0.4) is 0 Å². The summed E-state index contributed by atoms with van der Waals surface area (Å²) >= 11 is 0. The van der Waals surface area contributed by atoms with Crippen LogP contribution < -0.4 is 5.32 Å². The molecule has 3 nitrogen and oxygen atoms in total. The second kappa shape index (κ2) is 9.26. The number of amides is 1. The van der Waals surface area contributed by atoms with E-state index in [1.807, 2.05) is 66.8 Å². The lowest BCUT2D eigenvalue weighted by atomic mass is 10.1. The van der Waals surface area contributed by atoms with Crippen molar-refractivity contribution in [1.82, 2.24) is 5.32 Å². The summed E-state index contributed by atoms with van der Waals surface area (Å²) < 4.78 is 5.14. The highest BCUT2D eigenvalue weighted by atomic mass is 16.5. The van der Waals surface area contributed by atoms with Crippen LogP contribution in [0.25, 0.3) is 12.2 Å². The molecule has 23 heavy (non-hydrogen) atoms. The number of carbonyl (C=O) groups excluding carboxylic acids is 1. The van der Waals surface area contributed by atoms with Gasteiger partial charge in [-0.3, -0.25) is 0 Å². The fraction of sp³-hybridized carbons (Fsp3) is 0.150. The summed E-state index contributed by atoms with van der Waals surface area (Å²) in [6.07, 6.45) is 6.24. The number of carbonyl (C=O) groups is 1. The molecule has 0 bridgehead atoms. The third-order valence-electron chi connectivity index (χ3n) is 3.25. The van der Waals surface area contributed by atoms with Crippen molar-refractivity contribution >= 4 is 18.2 Å². The normalized spacial score (nSPS) is 10.4. The van der Waals surface area contributed by atoms with Crippen LogP contribution in [0.5, 0.6) is 0 Å². The molecule has 0 spiro atoms. The minimum atomic E-state index is -0.393. The highest BCUT2D eigenvalue weighted by molar-refractivity contribution is 5.67. The molecule has 1 amide bonds. The molecule has 0 aliphatic rings. The molecule has 0 fully saturated rings. The number of hydrogen-bond donors (Lipinski definition) is 1. The van der Waals surface area contributed by atoms with Crippen molar-refractivity contribution in [3.63, 3.8) is 0 Å². The third kappa shape index (κ3) is 6.22. The molecule has 0 saturated carbocycles. The van der Waals surface area contributed by atoms with Crippen molar-refractivity contribution in [2.75, 3.05) is 6.54 Å². The Morgan fingerprint density at radius 2 is 1.87 bits per heavy atom. The van der Waals surface area contributed by atoms with Gasteiger partial charge in [0.1, 0.15) is 6.61 Å². The fourth-order valence-corrected chi connectivity index (χ4v) is 2.04. The average molecular weight is 307 g/mol. The standard InChI is InChI=1S/C20H21NO2/c1-2-17-12-8-13-18(15-17)9-6-7-14-21-20(22)23-16-19-10-4-3-5-11-19/h2-6,8-13,15H,1,7,14,16H2,(H,21,22). The Labute approximate surface area is 137 Å². The van der Waals surface area contributed by atoms with Gasteiger partial charge in [0.2, 0.25) is 0 Å². The Hall–Kier alpha value is -2.81. The van der Waals surface area contributed by atoms with Crippen LogP contribution in [0, 0.1) is 0 Å². The van der Waals surface area contributed by atoms with Crippen LogP contribution in [0.1, 0.15) is 23.1 Å². The Morgan fingerprint density at radius 3 is 2.65 bits per heavy atom. The SMILES string of the molecule is C=Cc1cccc(C=CCCNC(=O)OCc2ccccc2)c1. The molecular formula is C20H21NO2. The summed E-state index contributed by atoms with van der Waals surface area (Å²) in [5.41, 5.74) is 3.19. The molecular weight excluding hydrogens is 286 g/mol. The summed E-state index contributed by atoms with van der Waals surface area (Å²) in [6.45, 7) is 4.59. The lowest BCUT2D eigenvalue weighted by molar-refractivity contribution is 0.140. The van der Waals surface area contributed by atoms with E-state index in [0.717, 1.165) is 23.1 Å². The van der Waals surface area contributed by atoms with E-state index in [1.54, 1.807) is 0 Å². The number of hydrogen-bond acceptors (Lipinski definition) is 2. The number of rotatable bonds is 7. The van der Waals surface area contributed by atoms with Gasteiger partial charge in [-0.2, -0.15) is 0 Å². The highest BCUT2D eigenvalue weighted by Crippen LogP contribution is 2.08. The van der Waals surface area contributed by atoms with Crippen LogP contribution >= 0.6 is 0 Å². The molecule has 2 aromatic rings. The van der Waals surface area contributed by atoms with Crippen molar-refractivity contribution in [1.29, 1.82) is 0 Å². The summed E-state index contributed by atoms with van der Waals surface area (Å²) in [4.78, 5) is 11.6. The highest BCUT2D eigenvalue weighted by Gasteiger charge is 2.00. The van der Waals surface area contributed by atoms with E-state index in [4.69, 9.17) is 4.74 Å². The molecule has 0 atom stereocenters. The van der Waals surface area contributed by atoms with Gasteiger partial charge < -0.3 is 10.1 Å². The molecule has 2 rings (SSSR count). The third-order valence-corrected chi connectivity index (χ3v) is 3.25. The maximum atomic E-state index is 11.6. The maximum Gasteiger partial charge on any atom is 0.407 e. The Morgan fingerprint density at radius 1 is 1.09 bits per heavy atom. The molecule has 0 aromatic heterocycles. The van der Waals surface area contributed by atoms with E-state index < -0.39 is 6.09 Å². The summed E-state index contributed by atoms with van der Waals surface area (Å²) in [5.74, 6) is 0. The minimum absolute atomic E-state index is 0.289. The predicted molar refractivity (Wildman–Crippen MR) is 94.8 cm³/mol. The van der Waals surface area contributed by atoms with Gasteiger partial charge in [0.05, 0.1) is 0 Å². The first-order valence-corrected chi connectivity index (χ1v) is 7.61. The molecule has 2 aromatic carbocycles. The number of ether oxygens (including phenoxy) is 1. The van der Waals surface area contributed by atoms with Gasteiger partial charge in [0, 0.05) is 6.54 Å². The fourth-order valence-electron chi connectivity index (χ4n) is 2.04. The molecule has 3 heteroatoms. The topological polar surface area (TPSA) is 38.3 Å². The second-order valence-corrected chi connectivity index (χ2v) is 5.05. The monoisotopic (exact) mass is 307 g/mol. The van der Waals surface area contributed by atoms with Crippen molar-refractivity contribution in [2.45, 2.75) is 13.0 Å². The van der Waals surface area contributed by atoms with Crippen molar-refractivity contribution in [3.8, 4) is 0 Å². The molecule has 1 N–H and O–H groups in total. The Bertz CT molecular complexity index is 662. The van der Waals surface area contributed by atoms with Crippen molar-refractivity contribution < 1.29 is 9.53 Å². The van der Waals surface area contributed by atoms with Crippen molar-refractivity contribution in [2.24, 2.45) is 0 Å². The smallest absolute Gasteiger partial charge is 0.407 e. The minimum Gasteiger partial charge on any atom is -0.445 e. The number of benzene rings is 2. The molecule has 0 radical (unpaired) electrons. The van der Waals surface area contributed by atoms with Crippen LogP contribution in [0.4, 0.5) is 4.79 Å². The van der Waals surface area contributed by atoms with Gasteiger partial charge in [-0.05, 0) is 29.2 Å². The summed E-state index contributed by atoms with van der Waals surface area (Å²) in [7, 11) is 0. The second-order valence-electron chi connectivity index (χ2n) is 5.05. The van der Waals surface area contributed by atoms with Crippen molar-refractivity contribution in [3.05, 3.63) is 83.9 Å². The van der Waals surface area contributed by atoms with Crippen LogP contribution in [-0.4, -0.2) is 12.6 Å². The van der Waals surface area contributed by atoms with E-state index in [0.29, 0.717) is 6.54 Å². The van der Waals surface area contributed by atoms with Crippen LogP contribution in [-0.2, 0) is 11.3 Å². The summed E-state index contributed by atoms with van der Waals surface area (Å²) in [5, 5.41) is 2.73. The van der Waals surface area contributed by atoms with Gasteiger partial charge >= 0.3 is 6.09 Å². The first kappa shape index (κ1) is 16.6. The predicted octanol–water partition coefficient (Wildman–Crippen LogP) is 4.66. The first-order valence-electron chi connectivity index (χ1n) is 7.61. The van der Waals surface area contributed by atoms with Gasteiger partial charge in [0.25, 0.3) is 0 Å². The zero-order valence-corrected chi connectivity index (χ0v) is 13.1. The number of alkyl carbamates (subject to hydrolysis) is 1. The van der Waals surface area contributed by atoms with Gasteiger partial charge in [-0.1, -0.05) is 73.3 Å². The quantitative estimate of drug-likeness (QED) is 0.756. The first-order chi connectivity index (χ1) is 11.3. The molecule has 0 aliphatic carbocycles. The van der Waals surface area contributed by atoms with E-state index in [2.05, 4.69) is 18.0 Å².